The molecule has 142 valence electrons. The quantitative estimate of drug-likeness (QED) is 0.708. The molecule has 0 atom stereocenters. The van der Waals surface area contributed by atoms with Crippen LogP contribution in [0.3, 0.4) is 0 Å². The molecular weight excluding hydrogens is 359 g/mol. The molecule has 2 amide bonds. The molecular formula is C21H19FN4O2. The van der Waals surface area contributed by atoms with Crippen LogP contribution in [-0.4, -0.2) is 30.9 Å². The van der Waals surface area contributed by atoms with Gasteiger partial charge in [-0.1, -0.05) is 0 Å². The monoisotopic (exact) mass is 378 g/mol. The lowest BCUT2D eigenvalue weighted by molar-refractivity contribution is 0.102. The summed E-state index contributed by atoms with van der Waals surface area (Å²) in [6, 6.07) is 15.7. The number of halogens is 1. The van der Waals surface area contributed by atoms with E-state index in [9.17, 15) is 14.0 Å². The van der Waals surface area contributed by atoms with E-state index in [-0.39, 0.29) is 17.1 Å². The second-order valence-electron chi connectivity index (χ2n) is 6.29. The van der Waals surface area contributed by atoms with E-state index in [0.717, 1.165) is 5.69 Å². The van der Waals surface area contributed by atoms with Crippen molar-refractivity contribution in [1.29, 1.82) is 0 Å². The first kappa shape index (κ1) is 19.0. The molecule has 0 fully saturated rings. The summed E-state index contributed by atoms with van der Waals surface area (Å²) in [5, 5.41) is 5.40. The van der Waals surface area contributed by atoms with Gasteiger partial charge in [0.15, 0.2) is 0 Å². The van der Waals surface area contributed by atoms with Crippen molar-refractivity contribution in [3.63, 3.8) is 0 Å². The van der Waals surface area contributed by atoms with Crippen LogP contribution in [0, 0.1) is 5.82 Å². The summed E-state index contributed by atoms with van der Waals surface area (Å²) in [5.41, 5.74) is 2.47. The van der Waals surface area contributed by atoms with Crippen molar-refractivity contribution in [3.8, 4) is 0 Å². The largest absolute Gasteiger partial charge is 0.378 e. The van der Waals surface area contributed by atoms with Crippen LogP contribution < -0.4 is 15.5 Å². The van der Waals surface area contributed by atoms with Crippen LogP contribution in [0.15, 0.2) is 66.9 Å². The molecule has 0 aliphatic carbocycles. The Morgan fingerprint density at radius 2 is 1.43 bits per heavy atom. The molecule has 2 aromatic carbocycles. The molecule has 3 aromatic rings. The fraction of sp³-hybridized carbons (Fsp3) is 0.0952. The zero-order chi connectivity index (χ0) is 20.1. The van der Waals surface area contributed by atoms with Gasteiger partial charge in [0, 0.05) is 42.9 Å². The van der Waals surface area contributed by atoms with Gasteiger partial charge in [-0.25, -0.2) is 4.39 Å². The summed E-state index contributed by atoms with van der Waals surface area (Å²) in [4.78, 5) is 30.8. The van der Waals surface area contributed by atoms with Gasteiger partial charge in [0.25, 0.3) is 11.8 Å². The van der Waals surface area contributed by atoms with Gasteiger partial charge in [-0.3, -0.25) is 14.6 Å². The van der Waals surface area contributed by atoms with Crippen molar-refractivity contribution in [2.75, 3.05) is 29.6 Å². The molecule has 7 heteroatoms. The van der Waals surface area contributed by atoms with Crippen LogP contribution in [0.4, 0.5) is 21.5 Å². The number of benzene rings is 2. The molecule has 6 nitrogen and oxygen atoms in total. The Balaban J connectivity index is 1.70. The predicted octanol–water partition coefficient (Wildman–Crippen LogP) is 3.79. The number of carbonyl (C=O) groups excluding carboxylic acids is 2. The van der Waals surface area contributed by atoms with E-state index in [1.807, 2.05) is 31.1 Å². The number of amides is 2. The number of rotatable bonds is 5. The molecule has 0 unspecified atom stereocenters. The fourth-order valence-corrected chi connectivity index (χ4v) is 2.47. The van der Waals surface area contributed by atoms with Gasteiger partial charge < -0.3 is 15.5 Å². The van der Waals surface area contributed by atoms with Crippen molar-refractivity contribution < 1.29 is 14.0 Å². The van der Waals surface area contributed by atoms with E-state index in [1.54, 1.807) is 12.1 Å². The Morgan fingerprint density at radius 1 is 0.857 bits per heavy atom. The lowest BCUT2D eigenvalue weighted by atomic mass is 10.2. The minimum absolute atomic E-state index is 0.114. The van der Waals surface area contributed by atoms with Gasteiger partial charge in [-0.2, -0.15) is 0 Å². The van der Waals surface area contributed by atoms with Gasteiger partial charge in [0.1, 0.15) is 11.5 Å². The zero-order valence-electron chi connectivity index (χ0n) is 15.4. The number of hydrogen-bond acceptors (Lipinski definition) is 4. The van der Waals surface area contributed by atoms with E-state index in [2.05, 4.69) is 15.6 Å². The highest BCUT2D eigenvalue weighted by molar-refractivity contribution is 6.07. The molecule has 3 rings (SSSR count). The first-order valence-electron chi connectivity index (χ1n) is 8.54. The molecule has 0 aliphatic heterocycles. The van der Waals surface area contributed by atoms with Crippen molar-refractivity contribution >= 4 is 28.9 Å². The van der Waals surface area contributed by atoms with E-state index in [0.29, 0.717) is 11.4 Å². The average molecular weight is 378 g/mol. The first-order chi connectivity index (χ1) is 13.4. The molecule has 0 radical (unpaired) electrons. The summed E-state index contributed by atoms with van der Waals surface area (Å²) in [6.07, 6.45) is 1.39. The van der Waals surface area contributed by atoms with Crippen LogP contribution >= 0.6 is 0 Å². The number of pyridine rings is 1. The lowest BCUT2D eigenvalue weighted by Crippen LogP contribution is -2.17. The number of nitrogens with zero attached hydrogens (tertiary/aromatic N) is 2. The maximum Gasteiger partial charge on any atom is 0.274 e. The van der Waals surface area contributed by atoms with Crippen molar-refractivity contribution in [1.82, 2.24) is 4.98 Å². The van der Waals surface area contributed by atoms with Crippen molar-refractivity contribution in [3.05, 3.63) is 83.9 Å². The van der Waals surface area contributed by atoms with Crippen molar-refractivity contribution in [2.24, 2.45) is 0 Å². The fourth-order valence-electron chi connectivity index (χ4n) is 2.47. The van der Waals surface area contributed by atoms with Crippen LogP contribution in [0.25, 0.3) is 0 Å². The first-order valence-corrected chi connectivity index (χ1v) is 8.54. The van der Waals surface area contributed by atoms with Gasteiger partial charge in [-0.15, -0.1) is 0 Å². The normalized spacial score (nSPS) is 10.2. The van der Waals surface area contributed by atoms with Crippen molar-refractivity contribution in [2.45, 2.75) is 0 Å². The molecule has 2 N–H and O–H groups in total. The Hall–Kier alpha value is -3.74. The van der Waals surface area contributed by atoms with Crippen LogP contribution in [-0.2, 0) is 0 Å². The third-order valence-electron chi connectivity index (χ3n) is 4.00. The van der Waals surface area contributed by atoms with Crippen LogP contribution in [0.1, 0.15) is 20.8 Å². The Bertz CT molecular complexity index is 986. The number of nitrogens with one attached hydrogen (secondary N) is 2. The lowest BCUT2D eigenvalue weighted by Gasteiger charge is -2.13. The molecule has 1 aromatic heterocycles. The topological polar surface area (TPSA) is 74.3 Å². The summed E-state index contributed by atoms with van der Waals surface area (Å²) >= 11 is 0. The number of aromatic nitrogens is 1. The molecule has 1 heterocycles. The smallest absolute Gasteiger partial charge is 0.274 e. The minimum atomic E-state index is -0.422. The number of anilines is 3. The molecule has 0 bridgehead atoms. The summed E-state index contributed by atoms with van der Waals surface area (Å²) in [7, 11) is 3.86. The Kier molecular flexibility index (Phi) is 5.64. The zero-order valence-corrected chi connectivity index (χ0v) is 15.4. The Labute approximate surface area is 162 Å². The Morgan fingerprint density at radius 3 is 2.04 bits per heavy atom. The van der Waals surface area contributed by atoms with E-state index in [4.69, 9.17) is 0 Å². The predicted molar refractivity (Wildman–Crippen MR) is 107 cm³/mol. The standard InChI is InChI=1S/C21H19FN4O2/c1-26(2)18-9-7-17(8-10-18)25-21(28)19-13-14(11-12-23-19)20(27)24-16-5-3-15(22)4-6-16/h3-13H,1-2H3,(H,24,27)(H,25,28). The van der Waals surface area contributed by atoms with Crippen LogP contribution in [0.2, 0.25) is 0 Å². The summed E-state index contributed by atoms with van der Waals surface area (Å²) in [5.74, 6) is -1.23. The number of carbonyl (C=O) groups is 2. The highest BCUT2D eigenvalue weighted by Gasteiger charge is 2.13. The maximum atomic E-state index is 13.0. The molecule has 0 spiro atoms. The maximum absolute atomic E-state index is 13.0. The van der Waals surface area contributed by atoms with E-state index < -0.39 is 11.8 Å². The van der Waals surface area contributed by atoms with Crippen LogP contribution in [0.5, 0.6) is 0 Å². The summed E-state index contributed by atoms with van der Waals surface area (Å²) in [6.45, 7) is 0. The van der Waals surface area contributed by atoms with E-state index in [1.165, 1.54) is 42.6 Å². The SMILES string of the molecule is CN(C)c1ccc(NC(=O)c2cc(C(=O)Nc3ccc(F)cc3)ccn2)cc1. The summed E-state index contributed by atoms with van der Waals surface area (Å²) < 4.78 is 13.0. The highest BCUT2D eigenvalue weighted by Crippen LogP contribution is 2.17. The molecule has 0 saturated heterocycles. The van der Waals surface area contributed by atoms with Gasteiger partial charge >= 0.3 is 0 Å². The molecule has 28 heavy (non-hydrogen) atoms. The molecule has 0 aliphatic rings. The second-order valence-corrected chi connectivity index (χ2v) is 6.29. The number of hydrogen-bond donors (Lipinski definition) is 2. The highest BCUT2D eigenvalue weighted by atomic mass is 19.1. The van der Waals surface area contributed by atoms with E-state index >= 15 is 0 Å². The van der Waals surface area contributed by atoms with Gasteiger partial charge in [0.2, 0.25) is 0 Å². The van der Waals surface area contributed by atoms with Gasteiger partial charge in [0.05, 0.1) is 0 Å². The minimum Gasteiger partial charge on any atom is -0.378 e. The molecule has 0 saturated carbocycles. The third kappa shape index (κ3) is 4.70. The third-order valence-corrected chi connectivity index (χ3v) is 4.00. The average Bonchev–Trinajstić information content (AvgIpc) is 2.70. The second kappa shape index (κ2) is 8.30. The van der Waals surface area contributed by atoms with Gasteiger partial charge in [-0.05, 0) is 60.7 Å².